The number of nitrogens with zero attached hydrogens (tertiary/aromatic N) is 4. The first-order valence-corrected chi connectivity index (χ1v) is 13.7. The molecule has 0 spiro atoms. The van der Waals surface area contributed by atoms with Crippen LogP contribution in [0.25, 0.3) is 11.1 Å². The van der Waals surface area contributed by atoms with Gasteiger partial charge in [-0.05, 0) is 42.0 Å². The summed E-state index contributed by atoms with van der Waals surface area (Å²) in [7, 11) is 0. The summed E-state index contributed by atoms with van der Waals surface area (Å²) in [6.45, 7) is 8.60. The van der Waals surface area contributed by atoms with Crippen LogP contribution in [0.5, 0.6) is 0 Å². The van der Waals surface area contributed by atoms with Crippen LogP contribution >= 0.6 is 11.6 Å². The number of halogens is 1. The Bertz CT molecular complexity index is 1690. The Balaban J connectivity index is 1.93. The van der Waals surface area contributed by atoms with Gasteiger partial charge in [0, 0.05) is 42.1 Å². The fourth-order valence-corrected chi connectivity index (χ4v) is 6.01. The van der Waals surface area contributed by atoms with E-state index in [1.54, 1.807) is 29.2 Å². The largest absolute Gasteiger partial charge is 0.311 e. The lowest BCUT2D eigenvalue weighted by atomic mass is 9.68. The van der Waals surface area contributed by atoms with Gasteiger partial charge in [-0.2, -0.15) is 15.0 Å². The van der Waals surface area contributed by atoms with Gasteiger partial charge in [-0.3, -0.25) is 19.3 Å². The molecule has 0 saturated carbocycles. The second kappa shape index (κ2) is 10.5. The van der Waals surface area contributed by atoms with Crippen molar-refractivity contribution >= 4 is 35.0 Å². The second-order valence-corrected chi connectivity index (χ2v) is 11.7. The third-order valence-electron chi connectivity index (χ3n) is 7.45. The number of nitrogens with one attached hydrogen (secondary N) is 1. The molecule has 1 atom stereocenters. The third-order valence-corrected chi connectivity index (χ3v) is 7.70. The van der Waals surface area contributed by atoms with E-state index in [2.05, 4.69) is 16.5 Å². The van der Waals surface area contributed by atoms with E-state index in [0.717, 1.165) is 5.56 Å². The van der Waals surface area contributed by atoms with Crippen molar-refractivity contribution in [2.75, 3.05) is 4.90 Å². The van der Waals surface area contributed by atoms with Gasteiger partial charge in [0.25, 0.3) is 0 Å². The first-order chi connectivity index (χ1) is 19.4. The van der Waals surface area contributed by atoms with Gasteiger partial charge >= 0.3 is 0 Å². The number of carbonyl (C=O) groups excluding carboxylic acids is 3. The molecule has 2 aromatic carbocycles. The van der Waals surface area contributed by atoms with E-state index < -0.39 is 17.2 Å². The predicted molar refractivity (Wildman–Crippen MR) is 157 cm³/mol. The number of nitriles is 1. The van der Waals surface area contributed by atoms with E-state index in [1.165, 1.54) is 18.5 Å². The summed E-state index contributed by atoms with van der Waals surface area (Å²) in [6.07, 6.45) is 0.741. The van der Waals surface area contributed by atoms with E-state index in [1.807, 2.05) is 51.1 Å². The number of hydrogen-bond acceptors (Lipinski definition) is 6. The third kappa shape index (κ3) is 4.98. The van der Waals surface area contributed by atoms with Crippen LogP contribution < -0.4 is 10.2 Å². The van der Waals surface area contributed by atoms with Crippen LogP contribution in [0.15, 0.2) is 77.3 Å². The molecular formula is C32H30ClN5O3. The van der Waals surface area contributed by atoms with Crippen LogP contribution in [-0.4, -0.2) is 27.4 Å². The van der Waals surface area contributed by atoms with Crippen LogP contribution in [0.2, 0.25) is 5.02 Å². The minimum absolute atomic E-state index is 0.0947. The SMILES string of the molecule is CC(=O)NC1=C(C#N)C(c2ccc(Cl)cc2)C2=C(CC(C)(C)CC2=O)N1c1c(-c2ccccc2)c(C)nn1C(C)=O. The van der Waals surface area contributed by atoms with Crippen molar-refractivity contribution in [3.05, 3.63) is 93.5 Å². The van der Waals surface area contributed by atoms with Gasteiger partial charge in [-0.15, -0.1) is 0 Å². The number of hydrogen-bond donors (Lipinski definition) is 1. The van der Waals surface area contributed by atoms with Gasteiger partial charge < -0.3 is 5.32 Å². The van der Waals surface area contributed by atoms with Crippen LogP contribution in [0.3, 0.4) is 0 Å². The molecule has 8 nitrogen and oxygen atoms in total. The van der Waals surface area contributed by atoms with Gasteiger partial charge in [0.15, 0.2) is 11.6 Å². The molecule has 0 radical (unpaired) electrons. The molecule has 5 rings (SSSR count). The second-order valence-electron chi connectivity index (χ2n) is 11.3. The van der Waals surface area contributed by atoms with Crippen LogP contribution in [0, 0.1) is 23.7 Å². The maximum atomic E-state index is 14.0. The minimum Gasteiger partial charge on any atom is -0.311 e. The Labute approximate surface area is 243 Å². The van der Waals surface area contributed by atoms with Crippen LogP contribution in [0.1, 0.15) is 62.5 Å². The number of ketones is 1. The van der Waals surface area contributed by atoms with Crippen molar-refractivity contribution in [3.8, 4) is 17.2 Å². The zero-order valence-corrected chi connectivity index (χ0v) is 24.3. The van der Waals surface area contributed by atoms with Gasteiger partial charge in [-0.1, -0.05) is 67.9 Å². The van der Waals surface area contributed by atoms with Crippen molar-refractivity contribution in [2.24, 2.45) is 5.41 Å². The molecule has 0 bridgehead atoms. The van der Waals surface area contributed by atoms with E-state index in [-0.39, 0.29) is 29.5 Å². The molecule has 9 heteroatoms. The van der Waals surface area contributed by atoms with E-state index in [0.29, 0.717) is 45.4 Å². The van der Waals surface area contributed by atoms with Gasteiger partial charge in [-0.25, -0.2) is 0 Å². The van der Waals surface area contributed by atoms with E-state index >= 15 is 0 Å². The minimum atomic E-state index is -0.732. The Morgan fingerprint density at radius 1 is 1.07 bits per heavy atom. The average Bonchev–Trinajstić information content (AvgIpc) is 3.25. The number of Topliss-reactive ketones (excluding diaryl/α,β-unsaturated/α-hetero) is 1. The number of rotatable bonds is 4. The number of allylic oxidation sites excluding steroid dienone is 3. The molecule has 0 saturated heterocycles. The Hall–Kier alpha value is -4.48. The molecule has 0 fully saturated rings. The maximum absolute atomic E-state index is 14.0. The van der Waals surface area contributed by atoms with Gasteiger partial charge in [0.1, 0.15) is 5.82 Å². The van der Waals surface area contributed by atoms with Crippen molar-refractivity contribution in [1.29, 1.82) is 5.26 Å². The summed E-state index contributed by atoms with van der Waals surface area (Å²) in [5.74, 6) is -1.01. The van der Waals surface area contributed by atoms with Crippen molar-refractivity contribution in [2.45, 2.75) is 53.4 Å². The number of anilines is 1. The Morgan fingerprint density at radius 2 is 1.73 bits per heavy atom. The lowest BCUT2D eigenvalue weighted by Gasteiger charge is -2.44. The summed E-state index contributed by atoms with van der Waals surface area (Å²) in [6, 6.07) is 18.8. The normalized spacial score (nSPS) is 18.2. The quantitative estimate of drug-likeness (QED) is 0.397. The molecule has 3 aromatic rings. The summed E-state index contributed by atoms with van der Waals surface area (Å²) in [5, 5.41) is 18.6. The molecule has 1 amide bonds. The summed E-state index contributed by atoms with van der Waals surface area (Å²) in [4.78, 5) is 41.5. The number of aryl methyl sites for hydroxylation is 1. The fraction of sp³-hybridized carbons (Fsp3) is 0.281. The monoisotopic (exact) mass is 567 g/mol. The molecule has 208 valence electrons. The van der Waals surface area contributed by atoms with Crippen molar-refractivity contribution < 1.29 is 14.4 Å². The number of carbonyl (C=O) groups is 3. The lowest BCUT2D eigenvalue weighted by Crippen LogP contribution is -2.45. The molecule has 1 unspecified atom stereocenters. The van der Waals surface area contributed by atoms with E-state index in [4.69, 9.17) is 11.6 Å². The summed E-state index contributed by atoms with van der Waals surface area (Å²) < 4.78 is 1.29. The molecule has 1 aliphatic heterocycles. The number of aromatic nitrogens is 2. The molecule has 1 aromatic heterocycles. The fourth-order valence-electron chi connectivity index (χ4n) is 5.88. The molecule has 2 heterocycles. The highest BCUT2D eigenvalue weighted by atomic mass is 35.5. The Morgan fingerprint density at radius 3 is 2.32 bits per heavy atom. The molecular weight excluding hydrogens is 538 g/mol. The van der Waals surface area contributed by atoms with Crippen LogP contribution in [-0.2, 0) is 9.59 Å². The van der Waals surface area contributed by atoms with Crippen LogP contribution in [0.4, 0.5) is 5.82 Å². The van der Waals surface area contributed by atoms with Gasteiger partial charge in [0.2, 0.25) is 11.8 Å². The Kier molecular flexibility index (Phi) is 7.18. The van der Waals surface area contributed by atoms with E-state index in [9.17, 15) is 19.6 Å². The first-order valence-electron chi connectivity index (χ1n) is 13.3. The number of amides is 1. The molecule has 1 aliphatic carbocycles. The topological polar surface area (TPSA) is 108 Å². The van der Waals surface area contributed by atoms with Crippen molar-refractivity contribution in [1.82, 2.24) is 15.1 Å². The highest BCUT2D eigenvalue weighted by Crippen LogP contribution is 2.52. The first kappa shape index (κ1) is 28.1. The average molecular weight is 568 g/mol. The molecule has 41 heavy (non-hydrogen) atoms. The molecule has 1 N–H and O–H groups in total. The summed E-state index contributed by atoms with van der Waals surface area (Å²) in [5.41, 5.74) is 3.60. The zero-order chi connectivity index (χ0) is 29.6. The van der Waals surface area contributed by atoms with Gasteiger partial charge in [0.05, 0.1) is 23.3 Å². The lowest BCUT2D eigenvalue weighted by molar-refractivity contribution is -0.118. The predicted octanol–water partition coefficient (Wildman–Crippen LogP) is 6.29. The number of benzene rings is 2. The zero-order valence-electron chi connectivity index (χ0n) is 23.6. The highest BCUT2D eigenvalue weighted by Gasteiger charge is 2.47. The standard InChI is InChI=1S/C32H30ClN5O3/c1-18-27(21-9-7-6-8-10-21)31(38(36-18)20(3)40)37-25-15-32(4,5)16-26(41)29(25)28(22-11-13-23(33)14-12-22)24(17-34)30(37)35-19(2)39/h6-14,28H,15-16H2,1-5H3,(H,35,39). The summed E-state index contributed by atoms with van der Waals surface area (Å²) >= 11 is 6.19. The molecule has 2 aliphatic rings. The highest BCUT2D eigenvalue weighted by molar-refractivity contribution is 6.30. The smallest absolute Gasteiger partial charge is 0.245 e. The van der Waals surface area contributed by atoms with Crippen molar-refractivity contribution in [3.63, 3.8) is 0 Å². The maximum Gasteiger partial charge on any atom is 0.245 e.